The molecule has 0 atom stereocenters. The summed E-state index contributed by atoms with van der Waals surface area (Å²) in [5, 5.41) is 8.62. The Morgan fingerprint density at radius 1 is 1.14 bits per heavy atom. The molecule has 1 N–H and O–H groups in total. The minimum atomic E-state index is -0.357. The molecule has 0 spiro atoms. The Hall–Kier alpha value is -2.31. The lowest BCUT2D eigenvalue weighted by Gasteiger charge is -2.10. The van der Waals surface area contributed by atoms with Crippen LogP contribution in [0.4, 0.5) is 4.39 Å². The third-order valence-electron chi connectivity index (χ3n) is 3.08. The lowest BCUT2D eigenvalue weighted by Crippen LogP contribution is -2.00. The first-order valence-corrected chi connectivity index (χ1v) is 6.68. The van der Waals surface area contributed by atoms with Gasteiger partial charge in [-0.05, 0) is 37.6 Å². The first-order chi connectivity index (χ1) is 10.1. The second kappa shape index (κ2) is 6.92. The molecule has 0 saturated carbocycles. The van der Waals surface area contributed by atoms with E-state index in [-0.39, 0.29) is 19.0 Å². The highest BCUT2D eigenvalue weighted by molar-refractivity contribution is 5.38. The van der Waals surface area contributed by atoms with Gasteiger partial charge >= 0.3 is 0 Å². The van der Waals surface area contributed by atoms with Crippen molar-refractivity contribution in [2.24, 2.45) is 0 Å². The molecule has 0 unspecified atom stereocenters. The molecular formula is C18H17FO2. The molecule has 108 valence electrons. The van der Waals surface area contributed by atoms with Crippen molar-refractivity contribution in [1.82, 2.24) is 0 Å². The zero-order valence-corrected chi connectivity index (χ0v) is 12.1. The van der Waals surface area contributed by atoms with Gasteiger partial charge in [0.2, 0.25) is 0 Å². The third kappa shape index (κ3) is 4.08. The van der Waals surface area contributed by atoms with E-state index < -0.39 is 0 Å². The average Bonchev–Trinajstić information content (AvgIpc) is 2.45. The van der Waals surface area contributed by atoms with Crippen molar-refractivity contribution in [3.8, 4) is 17.6 Å². The van der Waals surface area contributed by atoms with Gasteiger partial charge in [0, 0.05) is 11.1 Å². The molecule has 0 aliphatic rings. The Bertz CT molecular complexity index is 696. The second-order valence-electron chi connectivity index (χ2n) is 4.82. The molecule has 0 bridgehead atoms. The van der Waals surface area contributed by atoms with Gasteiger partial charge in [0.25, 0.3) is 0 Å². The van der Waals surface area contributed by atoms with Crippen LogP contribution in [0.25, 0.3) is 0 Å². The lowest BCUT2D eigenvalue weighted by atomic mass is 10.1. The van der Waals surface area contributed by atoms with Gasteiger partial charge in [0.15, 0.2) is 0 Å². The van der Waals surface area contributed by atoms with Crippen LogP contribution >= 0.6 is 0 Å². The number of rotatable bonds is 3. The maximum absolute atomic E-state index is 13.9. The van der Waals surface area contributed by atoms with Gasteiger partial charge in [-0.25, -0.2) is 4.39 Å². The van der Waals surface area contributed by atoms with Gasteiger partial charge < -0.3 is 9.84 Å². The van der Waals surface area contributed by atoms with Crippen LogP contribution in [0.2, 0.25) is 0 Å². The largest absolute Gasteiger partial charge is 0.489 e. The molecule has 0 heterocycles. The van der Waals surface area contributed by atoms with Crippen molar-refractivity contribution >= 4 is 0 Å². The summed E-state index contributed by atoms with van der Waals surface area (Å²) >= 11 is 0. The minimum absolute atomic E-state index is 0.170. The van der Waals surface area contributed by atoms with Crippen molar-refractivity contribution in [2.75, 3.05) is 6.61 Å². The van der Waals surface area contributed by atoms with Crippen molar-refractivity contribution < 1.29 is 14.2 Å². The Morgan fingerprint density at radius 2 is 1.95 bits per heavy atom. The second-order valence-corrected chi connectivity index (χ2v) is 4.82. The molecule has 2 aromatic rings. The van der Waals surface area contributed by atoms with Crippen LogP contribution in [0.3, 0.4) is 0 Å². The van der Waals surface area contributed by atoms with E-state index in [1.54, 1.807) is 12.1 Å². The molecule has 2 rings (SSSR count). The van der Waals surface area contributed by atoms with Gasteiger partial charge in [0.1, 0.15) is 24.8 Å². The molecule has 2 aromatic carbocycles. The monoisotopic (exact) mass is 284 g/mol. The fourth-order valence-corrected chi connectivity index (χ4v) is 2.00. The highest BCUT2D eigenvalue weighted by Crippen LogP contribution is 2.21. The summed E-state index contributed by atoms with van der Waals surface area (Å²) in [4.78, 5) is 0. The van der Waals surface area contributed by atoms with E-state index in [9.17, 15) is 4.39 Å². The van der Waals surface area contributed by atoms with Gasteiger partial charge in [-0.2, -0.15) is 0 Å². The van der Waals surface area contributed by atoms with E-state index in [0.29, 0.717) is 11.1 Å². The maximum atomic E-state index is 13.9. The fraction of sp³-hybridized carbons (Fsp3) is 0.222. The molecule has 0 aliphatic carbocycles. The minimum Gasteiger partial charge on any atom is -0.489 e. The lowest BCUT2D eigenvalue weighted by molar-refractivity contribution is 0.298. The van der Waals surface area contributed by atoms with E-state index in [4.69, 9.17) is 9.84 Å². The van der Waals surface area contributed by atoms with Crippen molar-refractivity contribution in [3.63, 3.8) is 0 Å². The Labute approximate surface area is 124 Å². The molecular weight excluding hydrogens is 267 g/mol. The van der Waals surface area contributed by atoms with Crippen LogP contribution < -0.4 is 4.74 Å². The molecule has 0 amide bonds. The van der Waals surface area contributed by atoms with E-state index >= 15 is 0 Å². The van der Waals surface area contributed by atoms with Crippen LogP contribution in [0.5, 0.6) is 5.75 Å². The summed E-state index contributed by atoms with van der Waals surface area (Å²) in [5.41, 5.74) is 3.21. The molecule has 0 fully saturated rings. The highest BCUT2D eigenvalue weighted by atomic mass is 19.1. The summed E-state index contributed by atoms with van der Waals surface area (Å²) in [6.45, 7) is 3.91. The summed E-state index contributed by atoms with van der Waals surface area (Å²) in [6, 6.07) is 10.6. The predicted octanol–water partition coefficient (Wildman–Crippen LogP) is 3.37. The molecule has 0 aromatic heterocycles. The van der Waals surface area contributed by atoms with E-state index in [0.717, 1.165) is 16.9 Å². The Morgan fingerprint density at radius 3 is 2.62 bits per heavy atom. The quantitative estimate of drug-likeness (QED) is 0.876. The molecule has 0 saturated heterocycles. The van der Waals surface area contributed by atoms with Crippen molar-refractivity contribution in [2.45, 2.75) is 20.5 Å². The predicted molar refractivity (Wildman–Crippen MR) is 80.6 cm³/mol. The first-order valence-electron chi connectivity index (χ1n) is 6.68. The van der Waals surface area contributed by atoms with Gasteiger partial charge in [-0.1, -0.05) is 35.6 Å². The maximum Gasteiger partial charge on any atom is 0.131 e. The standard InChI is InChI=1S/C18H17FO2/c1-13-5-8-18(14(2)10-13)21-12-16-7-6-15(4-3-9-20)11-17(16)19/h5-8,10-11,20H,9,12H2,1-2H3. The van der Waals surface area contributed by atoms with E-state index in [1.165, 1.54) is 6.07 Å². The summed E-state index contributed by atoms with van der Waals surface area (Å²) in [7, 11) is 0. The van der Waals surface area contributed by atoms with E-state index in [1.807, 2.05) is 32.0 Å². The number of aliphatic hydroxyl groups excluding tert-OH is 1. The van der Waals surface area contributed by atoms with Crippen LogP contribution in [0.15, 0.2) is 36.4 Å². The molecule has 0 aliphatic heterocycles. The van der Waals surface area contributed by atoms with Crippen LogP contribution in [0, 0.1) is 31.5 Å². The number of hydrogen-bond acceptors (Lipinski definition) is 2. The summed E-state index contributed by atoms with van der Waals surface area (Å²) in [5.74, 6) is 5.56. The normalized spacial score (nSPS) is 9.90. The van der Waals surface area contributed by atoms with Gasteiger partial charge in [-0.15, -0.1) is 0 Å². The number of benzene rings is 2. The number of aliphatic hydroxyl groups is 1. The van der Waals surface area contributed by atoms with Crippen LogP contribution in [0.1, 0.15) is 22.3 Å². The van der Waals surface area contributed by atoms with Crippen LogP contribution in [-0.2, 0) is 6.61 Å². The van der Waals surface area contributed by atoms with E-state index in [2.05, 4.69) is 11.8 Å². The molecule has 0 radical (unpaired) electrons. The number of ether oxygens (including phenoxy) is 1. The fourth-order valence-electron chi connectivity index (χ4n) is 2.00. The topological polar surface area (TPSA) is 29.5 Å². The summed E-state index contributed by atoms with van der Waals surface area (Å²) < 4.78 is 19.6. The number of halogens is 1. The first kappa shape index (κ1) is 15.1. The summed E-state index contributed by atoms with van der Waals surface area (Å²) in [6.07, 6.45) is 0. The number of aryl methyl sites for hydroxylation is 2. The van der Waals surface area contributed by atoms with Crippen molar-refractivity contribution in [3.05, 3.63) is 64.5 Å². The SMILES string of the molecule is Cc1ccc(OCc2ccc(C#CCO)cc2F)c(C)c1. The smallest absolute Gasteiger partial charge is 0.131 e. The van der Waals surface area contributed by atoms with Gasteiger partial charge in [-0.3, -0.25) is 0 Å². The zero-order valence-electron chi connectivity index (χ0n) is 12.1. The highest BCUT2D eigenvalue weighted by Gasteiger charge is 2.05. The Balaban J connectivity index is 2.09. The molecule has 2 nitrogen and oxygen atoms in total. The van der Waals surface area contributed by atoms with Gasteiger partial charge in [0.05, 0.1) is 0 Å². The number of hydrogen-bond donors (Lipinski definition) is 1. The van der Waals surface area contributed by atoms with Crippen molar-refractivity contribution in [1.29, 1.82) is 0 Å². The average molecular weight is 284 g/mol. The molecule has 3 heteroatoms. The zero-order chi connectivity index (χ0) is 15.2. The molecule has 21 heavy (non-hydrogen) atoms. The third-order valence-corrected chi connectivity index (χ3v) is 3.08. The van der Waals surface area contributed by atoms with Crippen LogP contribution in [-0.4, -0.2) is 11.7 Å². The Kier molecular flexibility index (Phi) is 4.97.